The molecular weight excluding hydrogens is 419 g/mol. The molecule has 0 atom stereocenters. The van der Waals surface area contributed by atoms with E-state index >= 15 is 0 Å². The number of nitrogens with zero attached hydrogens (tertiary/aromatic N) is 2. The van der Waals surface area contributed by atoms with Crippen molar-refractivity contribution in [1.29, 1.82) is 0 Å². The number of aromatic nitrogens is 2. The highest BCUT2D eigenvalue weighted by atomic mass is 32.2. The number of halogens is 3. The van der Waals surface area contributed by atoms with Crippen molar-refractivity contribution >= 4 is 15.7 Å². The summed E-state index contributed by atoms with van der Waals surface area (Å²) in [6, 6.07) is 13.4. The first-order valence-electron chi connectivity index (χ1n) is 8.97. The lowest BCUT2D eigenvalue weighted by atomic mass is 10.1. The van der Waals surface area contributed by atoms with E-state index in [4.69, 9.17) is 4.74 Å². The molecule has 0 radical (unpaired) electrons. The van der Waals surface area contributed by atoms with Gasteiger partial charge in [-0.05, 0) is 36.8 Å². The molecule has 0 unspecified atom stereocenters. The van der Waals surface area contributed by atoms with Crippen LogP contribution in [0.5, 0.6) is 5.88 Å². The van der Waals surface area contributed by atoms with Crippen LogP contribution < -0.4 is 9.46 Å². The standard InChI is InChI=1S/C20H18F3N3O3S/c1-2-13-29-19-12-11-17(24-25-19)14-7-9-15(10-8-14)26-30(27,28)18-6-4-3-5-16(18)20(21,22)23/h3-12,26H,2,13H2,1H3. The number of anilines is 1. The predicted molar refractivity (Wildman–Crippen MR) is 106 cm³/mol. The summed E-state index contributed by atoms with van der Waals surface area (Å²) >= 11 is 0. The smallest absolute Gasteiger partial charge is 0.417 e. The van der Waals surface area contributed by atoms with E-state index in [2.05, 4.69) is 14.9 Å². The molecule has 0 aliphatic rings. The normalized spacial score (nSPS) is 11.9. The molecule has 30 heavy (non-hydrogen) atoms. The van der Waals surface area contributed by atoms with Crippen molar-refractivity contribution in [3.05, 3.63) is 66.2 Å². The van der Waals surface area contributed by atoms with Crippen molar-refractivity contribution < 1.29 is 26.3 Å². The number of ether oxygens (including phenoxy) is 1. The second-order valence-corrected chi connectivity index (χ2v) is 7.93. The van der Waals surface area contributed by atoms with Crippen molar-refractivity contribution in [2.45, 2.75) is 24.4 Å². The van der Waals surface area contributed by atoms with Gasteiger partial charge in [-0.15, -0.1) is 10.2 Å². The van der Waals surface area contributed by atoms with Crippen LogP contribution in [0.2, 0.25) is 0 Å². The monoisotopic (exact) mass is 437 g/mol. The molecule has 0 aliphatic carbocycles. The Balaban J connectivity index is 1.79. The van der Waals surface area contributed by atoms with Crippen LogP contribution >= 0.6 is 0 Å². The van der Waals surface area contributed by atoms with Gasteiger partial charge in [0.05, 0.1) is 22.8 Å². The molecule has 0 saturated heterocycles. The molecule has 10 heteroatoms. The third-order valence-corrected chi connectivity index (χ3v) is 5.45. The summed E-state index contributed by atoms with van der Waals surface area (Å²) in [5.41, 5.74) is 0.0835. The zero-order valence-electron chi connectivity index (χ0n) is 15.8. The van der Waals surface area contributed by atoms with Gasteiger partial charge in [0.25, 0.3) is 10.0 Å². The molecule has 0 aliphatic heterocycles. The van der Waals surface area contributed by atoms with Crippen molar-refractivity contribution in [1.82, 2.24) is 10.2 Å². The molecule has 6 nitrogen and oxygen atoms in total. The largest absolute Gasteiger partial charge is 0.477 e. The van der Waals surface area contributed by atoms with Crippen LogP contribution in [-0.4, -0.2) is 25.2 Å². The van der Waals surface area contributed by atoms with Crippen molar-refractivity contribution in [2.75, 3.05) is 11.3 Å². The van der Waals surface area contributed by atoms with E-state index in [0.29, 0.717) is 23.7 Å². The number of rotatable bonds is 7. The van der Waals surface area contributed by atoms with Crippen LogP contribution in [0.3, 0.4) is 0 Å². The topological polar surface area (TPSA) is 81.2 Å². The number of hydrogen-bond acceptors (Lipinski definition) is 5. The highest BCUT2D eigenvalue weighted by molar-refractivity contribution is 7.92. The van der Waals surface area contributed by atoms with Gasteiger partial charge in [0, 0.05) is 17.3 Å². The van der Waals surface area contributed by atoms with Crippen LogP contribution in [0.25, 0.3) is 11.3 Å². The van der Waals surface area contributed by atoms with Gasteiger partial charge in [-0.1, -0.05) is 31.2 Å². The minimum Gasteiger partial charge on any atom is -0.477 e. The fraction of sp³-hybridized carbons (Fsp3) is 0.200. The summed E-state index contributed by atoms with van der Waals surface area (Å²) in [5.74, 6) is 0.397. The van der Waals surface area contributed by atoms with E-state index in [1.165, 1.54) is 18.2 Å². The third-order valence-electron chi connectivity index (χ3n) is 4.01. The van der Waals surface area contributed by atoms with Gasteiger partial charge in [-0.2, -0.15) is 13.2 Å². The lowest BCUT2D eigenvalue weighted by Crippen LogP contribution is -2.18. The zero-order chi connectivity index (χ0) is 21.8. The van der Waals surface area contributed by atoms with Gasteiger partial charge in [-0.25, -0.2) is 8.42 Å². The molecular formula is C20H18F3N3O3S. The van der Waals surface area contributed by atoms with Crippen molar-refractivity contribution in [3.63, 3.8) is 0 Å². The quantitative estimate of drug-likeness (QED) is 0.577. The third kappa shape index (κ3) is 5.07. The predicted octanol–water partition coefficient (Wildman–Crippen LogP) is 4.75. The Morgan fingerprint density at radius 3 is 2.27 bits per heavy atom. The molecule has 0 spiro atoms. The minimum atomic E-state index is -4.79. The Hall–Kier alpha value is -3.14. The lowest BCUT2D eigenvalue weighted by Gasteiger charge is -2.14. The lowest BCUT2D eigenvalue weighted by molar-refractivity contribution is -0.139. The minimum absolute atomic E-state index is 0.117. The van der Waals surface area contributed by atoms with Gasteiger partial charge in [0.15, 0.2) is 0 Å². The summed E-state index contributed by atoms with van der Waals surface area (Å²) in [4.78, 5) is -0.838. The molecule has 3 aromatic rings. The van der Waals surface area contributed by atoms with E-state index in [9.17, 15) is 21.6 Å². The first-order chi connectivity index (χ1) is 14.2. The molecule has 1 heterocycles. The summed E-state index contributed by atoms with van der Waals surface area (Å²) in [7, 11) is -4.43. The number of benzene rings is 2. The summed E-state index contributed by atoms with van der Waals surface area (Å²) in [6.07, 6.45) is -3.95. The van der Waals surface area contributed by atoms with Crippen LogP contribution in [0.1, 0.15) is 18.9 Å². The van der Waals surface area contributed by atoms with Gasteiger partial charge >= 0.3 is 6.18 Å². The van der Waals surface area contributed by atoms with E-state index in [-0.39, 0.29) is 5.69 Å². The fourth-order valence-corrected chi connectivity index (χ4v) is 3.90. The second-order valence-electron chi connectivity index (χ2n) is 6.28. The first kappa shape index (κ1) is 21.6. The molecule has 2 aromatic carbocycles. The van der Waals surface area contributed by atoms with Gasteiger partial charge < -0.3 is 4.74 Å². The average molecular weight is 437 g/mol. The van der Waals surface area contributed by atoms with Crippen molar-refractivity contribution in [2.24, 2.45) is 0 Å². The Morgan fingerprint density at radius 2 is 1.67 bits per heavy atom. The van der Waals surface area contributed by atoms with Crippen LogP contribution in [0.15, 0.2) is 65.6 Å². The Labute approximate surface area is 171 Å². The second kappa shape index (κ2) is 8.70. The molecule has 0 bridgehead atoms. The maximum atomic E-state index is 13.1. The fourth-order valence-electron chi connectivity index (χ4n) is 2.61. The SMILES string of the molecule is CCCOc1ccc(-c2ccc(NS(=O)(=O)c3ccccc3C(F)(F)F)cc2)nn1. The number of sulfonamides is 1. The van der Waals surface area contributed by atoms with E-state index in [1.54, 1.807) is 24.3 Å². The Bertz CT molecular complexity index is 1100. The van der Waals surface area contributed by atoms with E-state index < -0.39 is 26.7 Å². The highest BCUT2D eigenvalue weighted by Crippen LogP contribution is 2.34. The van der Waals surface area contributed by atoms with Gasteiger partial charge in [-0.3, -0.25) is 4.72 Å². The molecule has 1 N–H and O–H groups in total. The Morgan fingerprint density at radius 1 is 0.967 bits per heavy atom. The van der Waals surface area contributed by atoms with Crippen LogP contribution in [-0.2, 0) is 16.2 Å². The molecule has 3 rings (SSSR count). The molecule has 0 amide bonds. The Kier molecular flexibility index (Phi) is 6.25. The average Bonchev–Trinajstić information content (AvgIpc) is 2.72. The molecule has 1 aromatic heterocycles. The number of alkyl halides is 3. The van der Waals surface area contributed by atoms with Gasteiger partial charge in [0.1, 0.15) is 0 Å². The number of nitrogens with one attached hydrogen (secondary N) is 1. The highest BCUT2D eigenvalue weighted by Gasteiger charge is 2.36. The van der Waals surface area contributed by atoms with Crippen molar-refractivity contribution in [3.8, 4) is 17.1 Å². The van der Waals surface area contributed by atoms with E-state index in [1.807, 2.05) is 6.92 Å². The molecule has 0 saturated carbocycles. The zero-order valence-corrected chi connectivity index (χ0v) is 16.7. The van der Waals surface area contributed by atoms with E-state index in [0.717, 1.165) is 24.6 Å². The summed E-state index contributed by atoms with van der Waals surface area (Å²) in [5, 5.41) is 8.01. The summed E-state index contributed by atoms with van der Waals surface area (Å²) < 4.78 is 72.0. The maximum absolute atomic E-state index is 13.1. The molecule has 158 valence electrons. The van der Waals surface area contributed by atoms with Crippen LogP contribution in [0.4, 0.5) is 18.9 Å². The molecule has 0 fully saturated rings. The van der Waals surface area contributed by atoms with Gasteiger partial charge in [0.2, 0.25) is 5.88 Å². The number of hydrogen-bond donors (Lipinski definition) is 1. The summed E-state index contributed by atoms with van der Waals surface area (Å²) in [6.45, 7) is 2.50. The van der Waals surface area contributed by atoms with Crippen LogP contribution in [0, 0.1) is 0 Å². The maximum Gasteiger partial charge on any atom is 0.417 e. The first-order valence-corrected chi connectivity index (χ1v) is 10.4.